The van der Waals surface area contributed by atoms with E-state index < -0.39 is 0 Å². The van der Waals surface area contributed by atoms with E-state index in [1.54, 1.807) is 7.11 Å². The van der Waals surface area contributed by atoms with Crippen molar-refractivity contribution >= 4 is 0 Å². The van der Waals surface area contributed by atoms with Gasteiger partial charge in [0.2, 0.25) is 0 Å². The molecule has 0 rings (SSSR count). The van der Waals surface area contributed by atoms with Crippen LogP contribution in [0.5, 0.6) is 0 Å². The lowest BCUT2D eigenvalue weighted by Crippen LogP contribution is -2.41. The van der Waals surface area contributed by atoms with Gasteiger partial charge in [0.25, 0.3) is 0 Å². The van der Waals surface area contributed by atoms with Crippen molar-refractivity contribution in [3.05, 3.63) is 0 Å². The minimum absolute atomic E-state index is 0.644. The molecule has 0 saturated heterocycles. The van der Waals surface area contributed by atoms with Crippen molar-refractivity contribution in [2.45, 2.75) is 58.9 Å². The molecule has 0 spiro atoms. The first-order valence-electron chi connectivity index (χ1n) is 7.69. The van der Waals surface area contributed by atoms with Crippen LogP contribution < -0.4 is 5.32 Å². The molecular formula is C15H34N2O. The summed E-state index contributed by atoms with van der Waals surface area (Å²) in [6, 6.07) is 0.644. The first-order valence-corrected chi connectivity index (χ1v) is 7.69. The monoisotopic (exact) mass is 258 g/mol. The standard InChI is InChI=1S/C15H34N2O/c1-5-7-11-17(12-8-6-2)15(3)14-16-10-9-13-18-4/h15-16H,5-14H2,1-4H3. The van der Waals surface area contributed by atoms with E-state index in [0.717, 1.165) is 26.1 Å². The van der Waals surface area contributed by atoms with Crippen LogP contribution in [0.4, 0.5) is 0 Å². The Balaban J connectivity index is 3.76. The van der Waals surface area contributed by atoms with E-state index in [4.69, 9.17) is 4.74 Å². The van der Waals surface area contributed by atoms with Crippen LogP contribution >= 0.6 is 0 Å². The van der Waals surface area contributed by atoms with Gasteiger partial charge in [-0.1, -0.05) is 26.7 Å². The Kier molecular flexibility index (Phi) is 13.2. The minimum atomic E-state index is 0.644. The number of hydrogen-bond donors (Lipinski definition) is 1. The second-order valence-electron chi connectivity index (χ2n) is 5.14. The van der Waals surface area contributed by atoms with Gasteiger partial charge in [-0.25, -0.2) is 0 Å². The van der Waals surface area contributed by atoms with Gasteiger partial charge in [0.15, 0.2) is 0 Å². The first kappa shape index (κ1) is 17.9. The van der Waals surface area contributed by atoms with Gasteiger partial charge >= 0.3 is 0 Å². The average molecular weight is 258 g/mol. The maximum atomic E-state index is 5.05. The molecule has 0 aromatic rings. The molecule has 1 atom stereocenters. The lowest BCUT2D eigenvalue weighted by Gasteiger charge is -2.29. The summed E-state index contributed by atoms with van der Waals surface area (Å²) in [5.41, 5.74) is 0. The highest BCUT2D eigenvalue weighted by Crippen LogP contribution is 2.04. The van der Waals surface area contributed by atoms with Crippen LogP contribution in [0, 0.1) is 0 Å². The highest BCUT2D eigenvalue weighted by molar-refractivity contribution is 4.69. The predicted octanol–water partition coefficient (Wildman–Crippen LogP) is 2.90. The van der Waals surface area contributed by atoms with Crippen LogP contribution in [0.2, 0.25) is 0 Å². The fourth-order valence-electron chi connectivity index (χ4n) is 2.06. The smallest absolute Gasteiger partial charge is 0.0474 e. The van der Waals surface area contributed by atoms with Gasteiger partial charge in [-0.2, -0.15) is 0 Å². The van der Waals surface area contributed by atoms with Gasteiger partial charge in [-0.15, -0.1) is 0 Å². The molecule has 0 aromatic carbocycles. The molecule has 3 heteroatoms. The molecule has 0 aromatic heterocycles. The van der Waals surface area contributed by atoms with E-state index in [0.29, 0.717) is 6.04 Å². The molecule has 0 heterocycles. The molecule has 0 aliphatic carbocycles. The quantitative estimate of drug-likeness (QED) is 0.514. The average Bonchev–Trinajstić information content (AvgIpc) is 2.38. The number of ether oxygens (including phenoxy) is 1. The molecular weight excluding hydrogens is 224 g/mol. The van der Waals surface area contributed by atoms with E-state index in [2.05, 4.69) is 31.0 Å². The van der Waals surface area contributed by atoms with Gasteiger partial charge in [0.1, 0.15) is 0 Å². The lowest BCUT2D eigenvalue weighted by atomic mass is 10.2. The van der Waals surface area contributed by atoms with E-state index in [9.17, 15) is 0 Å². The Bertz CT molecular complexity index is 157. The van der Waals surface area contributed by atoms with Gasteiger partial charge in [0.05, 0.1) is 0 Å². The summed E-state index contributed by atoms with van der Waals surface area (Å²) in [7, 11) is 1.76. The van der Waals surface area contributed by atoms with Crippen molar-refractivity contribution in [1.82, 2.24) is 10.2 Å². The van der Waals surface area contributed by atoms with E-state index in [1.165, 1.54) is 38.8 Å². The Morgan fingerprint density at radius 1 is 1.06 bits per heavy atom. The summed E-state index contributed by atoms with van der Waals surface area (Å²) in [4.78, 5) is 2.64. The highest BCUT2D eigenvalue weighted by atomic mass is 16.5. The number of nitrogens with one attached hydrogen (secondary N) is 1. The third kappa shape index (κ3) is 9.86. The van der Waals surface area contributed by atoms with Gasteiger partial charge in [-0.05, 0) is 45.8 Å². The Morgan fingerprint density at radius 2 is 1.67 bits per heavy atom. The SMILES string of the molecule is CCCCN(CCCC)C(C)CNCCCOC. The maximum Gasteiger partial charge on any atom is 0.0474 e. The largest absolute Gasteiger partial charge is 0.385 e. The minimum Gasteiger partial charge on any atom is -0.385 e. The zero-order chi connectivity index (χ0) is 13.6. The van der Waals surface area contributed by atoms with Crippen molar-refractivity contribution in [1.29, 1.82) is 0 Å². The molecule has 1 N–H and O–H groups in total. The summed E-state index contributed by atoms with van der Waals surface area (Å²) >= 11 is 0. The normalized spacial score (nSPS) is 13.2. The van der Waals surface area contributed by atoms with Crippen molar-refractivity contribution in [3.63, 3.8) is 0 Å². The number of nitrogens with zero attached hydrogens (tertiary/aromatic N) is 1. The van der Waals surface area contributed by atoms with E-state index in [1.807, 2.05) is 0 Å². The summed E-state index contributed by atoms with van der Waals surface area (Å²) in [6.07, 6.45) is 6.32. The van der Waals surface area contributed by atoms with E-state index >= 15 is 0 Å². The Morgan fingerprint density at radius 3 is 2.17 bits per heavy atom. The molecule has 0 fully saturated rings. The number of methoxy groups -OCH3 is 1. The molecule has 0 amide bonds. The molecule has 3 nitrogen and oxygen atoms in total. The summed E-state index contributed by atoms with van der Waals surface area (Å²) < 4.78 is 5.05. The second-order valence-corrected chi connectivity index (χ2v) is 5.14. The number of rotatable bonds is 13. The fraction of sp³-hybridized carbons (Fsp3) is 1.00. The van der Waals surface area contributed by atoms with E-state index in [-0.39, 0.29) is 0 Å². The topological polar surface area (TPSA) is 24.5 Å². The van der Waals surface area contributed by atoms with Crippen LogP contribution in [0.15, 0.2) is 0 Å². The van der Waals surface area contributed by atoms with Gasteiger partial charge in [0, 0.05) is 26.3 Å². The van der Waals surface area contributed by atoms with Gasteiger partial charge < -0.3 is 10.1 Å². The maximum absolute atomic E-state index is 5.05. The van der Waals surface area contributed by atoms with Crippen LogP contribution in [0.25, 0.3) is 0 Å². The summed E-state index contributed by atoms with van der Waals surface area (Å²) in [5.74, 6) is 0. The van der Waals surface area contributed by atoms with Gasteiger partial charge in [-0.3, -0.25) is 4.90 Å². The third-order valence-corrected chi connectivity index (χ3v) is 3.36. The molecule has 0 aliphatic rings. The zero-order valence-electron chi connectivity index (χ0n) is 13.0. The molecule has 0 radical (unpaired) electrons. The zero-order valence-corrected chi connectivity index (χ0v) is 13.0. The van der Waals surface area contributed by atoms with Crippen molar-refractivity contribution in [2.75, 3.05) is 39.9 Å². The summed E-state index contributed by atoms with van der Waals surface area (Å²) in [6.45, 7) is 12.4. The van der Waals surface area contributed by atoms with Crippen molar-refractivity contribution in [2.24, 2.45) is 0 Å². The van der Waals surface area contributed by atoms with Crippen LogP contribution in [0.1, 0.15) is 52.9 Å². The fourth-order valence-corrected chi connectivity index (χ4v) is 2.06. The number of unbranched alkanes of at least 4 members (excludes halogenated alkanes) is 2. The van der Waals surface area contributed by atoms with Crippen LogP contribution in [0.3, 0.4) is 0 Å². The highest BCUT2D eigenvalue weighted by Gasteiger charge is 2.11. The van der Waals surface area contributed by atoms with Crippen molar-refractivity contribution in [3.8, 4) is 0 Å². The summed E-state index contributed by atoms with van der Waals surface area (Å²) in [5, 5.41) is 3.53. The first-order chi connectivity index (χ1) is 8.76. The molecule has 0 saturated carbocycles. The second kappa shape index (κ2) is 13.3. The molecule has 0 bridgehead atoms. The molecule has 0 aliphatic heterocycles. The number of hydrogen-bond acceptors (Lipinski definition) is 3. The molecule has 18 heavy (non-hydrogen) atoms. The Labute approximate surface area is 114 Å². The molecule has 1 unspecified atom stereocenters. The van der Waals surface area contributed by atoms with Crippen LogP contribution in [-0.2, 0) is 4.74 Å². The molecule has 110 valence electrons. The third-order valence-electron chi connectivity index (χ3n) is 3.36. The predicted molar refractivity (Wildman–Crippen MR) is 80.2 cm³/mol. The lowest BCUT2D eigenvalue weighted by molar-refractivity contribution is 0.185. The van der Waals surface area contributed by atoms with Crippen LogP contribution in [-0.4, -0.2) is 50.8 Å². The van der Waals surface area contributed by atoms with Crippen molar-refractivity contribution < 1.29 is 4.74 Å². The Hall–Kier alpha value is -0.120.